The summed E-state index contributed by atoms with van der Waals surface area (Å²) in [7, 11) is 0. The van der Waals surface area contributed by atoms with Gasteiger partial charge in [-0.25, -0.2) is 5.43 Å². The fraction of sp³-hybridized carbons (Fsp3) is 0.0435. The molecule has 4 aromatic rings. The van der Waals surface area contributed by atoms with Crippen molar-refractivity contribution in [3.05, 3.63) is 95.5 Å². The van der Waals surface area contributed by atoms with Gasteiger partial charge in [0.25, 0.3) is 5.91 Å². The maximum absolute atomic E-state index is 12.3. The Morgan fingerprint density at radius 3 is 2.35 bits per heavy atom. The highest BCUT2D eigenvalue weighted by atomic mass is 35.5. The van der Waals surface area contributed by atoms with Crippen LogP contribution in [0.4, 0.5) is 0 Å². The topological polar surface area (TPSA) is 72.2 Å². The Kier molecular flexibility index (Phi) is 6.76. The zero-order chi connectivity index (χ0) is 21.5. The number of aromatic nitrogens is 3. The fourth-order valence-electron chi connectivity index (χ4n) is 2.84. The molecule has 1 N–H and O–H groups in total. The van der Waals surface area contributed by atoms with E-state index in [1.807, 2.05) is 89.5 Å². The maximum Gasteiger partial charge on any atom is 0.250 e. The van der Waals surface area contributed by atoms with Crippen LogP contribution >= 0.6 is 23.4 Å². The van der Waals surface area contributed by atoms with Crippen molar-refractivity contribution in [2.45, 2.75) is 5.16 Å². The highest BCUT2D eigenvalue weighted by Crippen LogP contribution is 2.28. The number of hydrazone groups is 1. The second-order valence-corrected chi connectivity index (χ2v) is 7.86. The number of carbonyl (C=O) groups is 1. The van der Waals surface area contributed by atoms with Gasteiger partial charge >= 0.3 is 0 Å². The summed E-state index contributed by atoms with van der Waals surface area (Å²) in [5.74, 6) is 0.596. The third-order valence-corrected chi connectivity index (χ3v) is 5.47. The molecule has 0 atom stereocenters. The summed E-state index contributed by atoms with van der Waals surface area (Å²) in [5.41, 5.74) is 5.24. The Bertz CT molecular complexity index is 1180. The van der Waals surface area contributed by atoms with Gasteiger partial charge in [0.2, 0.25) is 0 Å². The van der Waals surface area contributed by atoms with Crippen LogP contribution in [-0.4, -0.2) is 32.6 Å². The summed E-state index contributed by atoms with van der Waals surface area (Å²) in [6.07, 6.45) is 1.60. The number of nitrogens with zero attached hydrogens (tertiary/aromatic N) is 4. The van der Waals surface area contributed by atoms with Crippen molar-refractivity contribution in [2.75, 3.05) is 5.75 Å². The van der Waals surface area contributed by atoms with Crippen molar-refractivity contribution in [2.24, 2.45) is 5.10 Å². The molecule has 0 saturated heterocycles. The summed E-state index contributed by atoms with van der Waals surface area (Å²) in [5, 5.41) is 13.9. The van der Waals surface area contributed by atoms with Gasteiger partial charge in [-0.05, 0) is 42.0 Å². The SMILES string of the molecule is O=C(CSc1nnc(-c2ccc(Cl)cc2)n1-c1ccccc1)N/N=C/c1ccccc1. The lowest BCUT2D eigenvalue weighted by molar-refractivity contribution is -0.118. The van der Waals surface area contributed by atoms with E-state index in [1.54, 1.807) is 6.21 Å². The molecule has 8 heteroatoms. The van der Waals surface area contributed by atoms with Crippen molar-refractivity contribution in [3.63, 3.8) is 0 Å². The summed E-state index contributed by atoms with van der Waals surface area (Å²) < 4.78 is 1.93. The van der Waals surface area contributed by atoms with Crippen molar-refractivity contribution in [1.82, 2.24) is 20.2 Å². The first kappa shape index (κ1) is 20.8. The first-order valence-electron chi connectivity index (χ1n) is 9.47. The minimum absolute atomic E-state index is 0.151. The maximum atomic E-state index is 12.3. The molecule has 0 aliphatic heterocycles. The molecule has 154 valence electrons. The lowest BCUT2D eigenvalue weighted by atomic mass is 10.2. The van der Waals surface area contributed by atoms with E-state index in [4.69, 9.17) is 11.6 Å². The van der Waals surface area contributed by atoms with E-state index < -0.39 is 0 Å². The van der Waals surface area contributed by atoms with Gasteiger partial charge in [-0.1, -0.05) is 71.9 Å². The van der Waals surface area contributed by atoms with Crippen LogP contribution in [0.2, 0.25) is 5.02 Å². The molecule has 0 spiro atoms. The average molecular weight is 448 g/mol. The number of rotatable bonds is 7. The van der Waals surface area contributed by atoms with E-state index in [0.717, 1.165) is 16.8 Å². The molecule has 4 rings (SSSR count). The third-order valence-electron chi connectivity index (χ3n) is 4.28. The molecule has 0 radical (unpaired) electrons. The number of nitrogens with one attached hydrogen (secondary N) is 1. The quantitative estimate of drug-likeness (QED) is 0.250. The van der Waals surface area contributed by atoms with Crippen LogP contribution in [0.25, 0.3) is 17.1 Å². The van der Waals surface area contributed by atoms with E-state index in [9.17, 15) is 4.79 Å². The minimum atomic E-state index is -0.229. The molecule has 0 aliphatic rings. The molecule has 3 aromatic carbocycles. The van der Waals surface area contributed by atoms with Crippen molar-refractivity contribution >= 4 is 35.5 Å². The van der Waals surface area contributed by atoms with Crippen molar-refractivity contribution in [1.29, 1.82) is 0 Å². The lowest BCUT2D eigenvalue weighted by Crippen LogP contribution is -2.20. The number of para-hydroxylation sites is 1. The van der Waals surface area contributed by atoms with Crippen molar-refractivity contribution in [3.8, 4) is 17.1 Å². The van der Waals surface area contributed by atoms with Gasteiger partial charge in [0, 0.05) is 16.3 Å². The summed E-state index contributed by atoms with van der Waals surface area (Å²) >= 11 is 7.32. The van der Waals surface area contributed by atoms with Crippen LogP contribution in [0.15, 0.2) is 95.2 Å². The molecule has 0 saturated carbocycles. The molecule has 31 heavy (non-hydrogen) atoms. The lowest BCUT2D eigenvalue weighted by Gasteiger charge is -2.10. The molecular formula is C23H18ClN5OS. The summed E-state index contributed by atoms with van der Waals surface area (Å²) in [4.78, 5) is 12.3. The zero-order valence-electron chi connectivity index (χ0n) is 16.4. The van der Waals surface area contributed by atoms with E-state index in [1.165, 1.54) is 11.8 Å². The van der Waals surface area contributed by atoms with Gasteiger partial charge < -0.3 is 0 Å². The van der Waals surface area contributed by atoms with E-state index in [0.29, 0.717) is 16.0 Å². The molecular weight excluding hydrogens is 430 g/mol. The van der Waals surface area contributed by atoms with Crippen LogP contribution in [0.3, 0.4) is 0 Å². The largest absolute Gasteiger partial charge is 0.272 e. The highest BCUT2D eigenvalue weighted by Gasteiger charge is 2.17. The Labute approximate surface area is 189 Å². The molecule has 0 bridgehead atoms. The van der Waals surface area contributed by atoms with E-state index >= 15 is 0 Å². The van der Waals surface area contributed by atoms with Gasteiger partial charge in [0.1, 0.15) is 0 Å². The summed E-state index contributed by atoms with van der Waals surface area (Å²) in [6, 6.07) is 26.7. The highest BCUT2D eigenvalue weighted by molar-refractivity contribution is 7.99. The number of hydrogen-bond donors (Lipinski definition) is 1. The molecule has 1 heterocycles. The van der Waals surface area contributed by atoms with Gasteiger partial charge in [-0.3, -0.25) is 9.36 Å². The Morgan fingerprint density at radius 2 is 1.65 bits per heavy atom. The first-order chi connectivity index (χ1) is 15.2. The second-order valence-electron chi connectivity index (χ2n) is 6.48. The molecule has 0 aliphatic carbocycles. The number of halogens is 1. The average Bonchev–Trinajstić information content (AvgIpc) is 3.23. The molecule has 0 fully saturated rings. The molecule has 6 nitrogen and oxygen atoms in total. The molecule has 0 unspecified atom stereocenters. The molecule has 1 aromatic heterocycles. The van der Waals surface area contributed by atoms with Gasteiger partial charge in [0.05, 0.1) is 12.0 Å². The number of benzene rings is 3. The van der Waals surface area contributed by atoms with Gasteiger partial charge in [-0.2, -0.15) is 5.10 Å². The van der Waals surface area contributed by atoms with Crippen LogP contribution < -0.4 is 5.43 Å². The number of carbonyl (C=O) groups excluding carboxylic acids is 1. The number of amides is 1. The first-order valence-corrected chi connectivity index (χ1v) is 10.8. The predicted octanol–water partition coefficient (Wildman–Crippen LogP) is 4.83. The fourth-order valence-corrected chi connectivity index (χ4v) is 3.71. The molecule has 1 amide bonds. The van der Waals surface area contributed by atoms with E-state index in [2.05, 4.69) is 20.7 Å². The second kappa shape index (κ2) is 10.1. The summed E-state index contributed by atoms with van der Waals surface area (Å²) in [6.45, 7) is 0. The Balaban J connectivity index is 1.51. The number of thioether (sulfide) groups is 1. The monoisotopic (exact) mass is 447 g/mol. The minimum Gasteiger partial charge on any atom is -0.272 e. The Hall–Kier alpha value is -3.42. The van der Waals surface area contributed by atoms with Gasteiger partial charge in [-0.15, -0.1) is 10.2 Å². The zero-order valence-corrected chi connectivity index (χ0v) is 17.9. The normalized spacial score (nSPS) is 11.0. The van der Waals surface area contributed by atoms with Crippen LogP contribution in [0.5, 0.6) is 0 Å². The van der Waals surface area contributed by atoms with Crippen LogP contribution in [0.1, 0.15) is 5.56 Å². The van der Waals surface area contributed by atoms with Crippen LogP contribution in [-0.2, 0) is 4.79 Å². The van der Waals surface area contributed by atoms with Crippen LogP contribution in [0, 0.1) is 0 Å². The standard InChI is InChI=1S/C23H18ClN5OS/c24-19-13-11-18(12-14-19)22-27-28-23(29(22)20-9-5-2-6-10-20)31-16-21(30)26-25-15-17-7-3-1-4-8-17/h1-15H,16H2,(H,26,30)/b25-15+. The Morgan fingerprint density at radius 1 is 0.968 bits per heavy atom. The van der Waals surface area contributed by atoms with E-state index in [-0.39, 0.29) is 11.7 Å². The van der Waals surface area contributed by atoms with Crippen molar-refractivity contribution < 1.29 is 4.79 Å². The van der Waals surface area contributed by atoms with Gasteiger partial charge in [0.15, 0.2) is 11.0 Å². The predicted molar refractivity (Wildman–Crippen MR) is 125 cm³/mol. The smallest absolute Gasteiger partial charge is 0.250 e. The third kappa shape index (κ3) is 5.39. The number of hydrogen-bond acceptors (Lipinski definition) is 5.